The summed E-state index contributed by atoms with van der Waals surface area (Å²) in [5.74, 6) is -0.0646. The van der Waals surface area contributed by atoms with E-state index >= 15 is 0 Å². The van der Waals surface area contributed by atoms with Crippen LogP contribution in [0.1, 0.15) is 10.4 Å². The number of amides is 1. The van der Waals surface area contributed by atoms with Gasteiger partial charge in [0.15, 0.2) is 0 Å². The maximum absolute atomic E-state index is 12.3. The minimum absolute atomic E-state index is 0.0646. The first-order chi connectivity index (χ1) is 8.60. The molecule has 0 aliphatic rings. The highest BCUT2D eigenvalue weighted by Crippen LogP contribution is 2.20. The van der Waals surface area contributed by atoms with Gasteiger partial charge in [-0.1, -0.05) is 17.7 Å². The Morgan fingerprint density at radius 1 is 1.61 bits per heavy atom. The third kappa shape index (κ3) is 4.26. The van der Waals surface area contributed by atoms with Crippen LogP contribution >= 0.6 is 34.2 Å². The molecule has 5 heteroatoms. The molecule has 0 unspecified atom stereocenters. The van der Waals surface area contributed by atoms with Crippen LogP contribution < -0.4 is 0 Å². The first-order valence-corrected chi connectivity index (χ1v) is 6.90. The predicted octanol–water partition coefficient (Wildman–Crippen LogP) is 3.22. The van der Waals surface area contributed by atoms with E-state index in [1.807, 2.05) is 6.07 Å². The van der Waals surface area contributed by atoms with Crippen molar-refractivity contribution in [3.05, 3.63) is 45.0 Å². The molecule has 0 saturated carbocycles. The van der Waals surface area contributed by atoms with Crippen LogP contribution in [0.4, 0.5) is 0 Å². The maximum atomic E-state index is 12.3. The fraction of sp³-hybridized carbons (Fsp3) is 0.308. The molecule has 0 atom stereocenters. The van der Waals surface area contributed by atoms with E-state index in [0.29, 0.717) is 30.3 Å². The molecule has 0 aliphatic heterocycles. The van der Waals surface area contributed by atoms with Crippen LogP contribution in [0.2, 0.25) is 5.02 Å². The molecule has 0 bridgehead atoms. The van der Waals surface area contributed by atoms with Gasteiger partial charge in [-0.3, -0.25) is 4.79 Å². The van der Waals surface area contributed by atoms with E-state index in [1.54, 1.807) is 30.2 Å². The van der Waals surface area contributed by atoms with Gasteiger partial charge in [0.25, 0.3) is 5.91 Å². The molecule has 0 fully saturated rings. The molecule has 0 heterocycles. The Morgan fingerprint density at radius 3 is 2.89 bits per heavy atom. The SMILES string of the molecule is C=CCN(CCOC)C(=O)c1ccc(I)c(Cl)c1. The Bertz CT molecular complexity index is 437. The molecule has 1 aromatic rings. The van der Waals surface area contributed by atoms with Gasteiger partial charge in [-0.25, -0.2) is 0 Å². The van der Waals surface area contributed by atoms with Crippen molar-refractivity contribution in [3.8, 4) is 0 Å². The molecular formula is C13H15ClINO2. The normalized spacial score (nSPS) is 10.2. The number of nitrogens with zero attached hydrogens (tertiary/aromatic N) is 1. The fourth-order valence-electron chi connectivity index (χ4n) is 1.44. The average molecular weight is 380 g/mol. The number of hydrogen-bond donors (Lipinski definition) is 0. The summed E-state index contributed by atoms with van der Waals surface area (Å²) in [6.45, 7) is 5.18. The Kier molecular flexibility index (Phi) is 6.67. The lowest BCUT2D eigenvalue weighted by Gasteiger charge is -2.20. The molecule has 98 valence electrons. The zero-order valence-electron chi connectivity index (χ0n) is 10.2. The quantitative estimate of drug-likeness (QED) is 0.561. The summed E-state index contributed by atoms with van der Waals surface area (Å²) in [5.41, 5.74) is 0.582. The van der Waals surface area contributed by atoms with E-state index in [9.17, 15) is 4.79 Å². The predicted molar refractivity (Wildman–Crippen MR) is 82.1 cm³/mol. The van der Waals surface area contributed by atoms with Crippen LogP contribution in [0.25, 0.3) is 0 Å². The molecule has 0 saturated heterocycles. The summed E-state index contributed by atoms with van der Waals surface area (Å²) >= 11 is 8.15. The van der Waals surface area contributed by atoms with E-state index in [0.717, 1.165) is 3.57 Å². The van der Waals surface area contributed by atoms with Crippen molar-refractivity contribution < 1.29 is 9.53 Å². The Labute approximate surface area is 126 Å². The lowest BCUT2D eigenvalue weighted by atomic mass is 10.2. The number of halogens is 2. The molecular weight excluding hydrogens is 365 g/mol. The van der Waals surface area contributed by atoms with Crippen LogP contribution in [0.15, 0.2) is 30.9 Å². The molecule has 18 heavy (non-hydrogen) atoms. The lowest BCUT2D eigenvalue weighted by Crippen LogP contribution is -2.34. The van der Waals surface area contributed by atoms with Crippen LogP contribution in [0.3, 0.4) is 0 Å². The van der Waals surface area contributed by atoms with E-state index in [1.165, 1.54) is 0 Å². The van der Waals surface area contributed by atoms with Gasteiger partial charge in [0, 0.05) is 29.3 Å². The number of hydrogen-bond acceptors (Lipinski definition) is 2. The summed E-state index contributed by atoms with van der Waals surface area (Å²) in [7, 11) is 1.61. The highest BCUT2D eigenvalue weighted by atomic mass is 127. The van der Waals surface area contributed by atoms with Gasteiger partial charge >= 0.3 is 0 Å². The van der Waals surface area contributed by atoms with Gasteiger partial charge in [0.1, 0.15) is 0 Å². The zero-order valence-corrected chi connectivity index (χ0v) is 13.1. The largest absolute Gasteiger partial charge is 0.383 e. The van der Waals surface area contributed by atoms with Crippen molar-refractivity contribution in [2.24, 2.45) is 0 Å². The van der Waals surface area contributed by atoms with Crippen LogP contribution in [-0.2, 0) is 4.74 Å². The highest BCUT2D eigenvalue weighted by Gasteiger charge is 2.15. The molecule has 0 aliphatic carbocycles. The lowest BCUT2D eigenvalue weighted by molar-refractivity contribution is 0.0718. The molecule has 0 radical (unpaired) electrons. The van der Waals surface area contributed by atoms with Crippen LogP contribution in [0, 0.1) is 3.57 Å². The standard InChI is InChI=1S/C13H15ClINO2/c1-3-6-16(7-8-18-2)13(17)10-4-5-12(15)11(14)9-10/h3-5,9H,1,6-8H2,2H3. The third-order valence-electron chi connectivity index (χ3n) is 2.37. The monoisotopic (exact) mass is 379 g/mol. The van der Waals surface area contributed by atoms with Gasteiger partial charge in [0.05, 0.1) is 11.6 Å². The average Bonchev–Trinajstić information content (AvgIpc) is 2.37. The van der Waals surface area contributed by atoms with Gasteiger partial charge < -0.3 is 9.64 Å². The summed E-state index contributed by atoms with van der Waals surface area (Å²) in [6.07, 6.45) is 1.70. The fourth-order valence-corrected chi connectivity index (χ4v) is 1.96. The number of ether oxygens (including phenoxy) is 1. The molecule has 1 aromatic carbocycles. The number of carbonyl (C=O) groups excluding carboxylic acids is 1. The first kappa shape index (κ1) is 15.5. The van der Waals surface area contributed by atoms with E-state index in [4.69, 9.17) is 16.3 Å². The molecule has 3 nitrogen and oxygen atoms in total. The maximum Gasteiger partial charge on any atom is 0.254 e. The van der Waals surface area contributed by atoms with Crippen LogP contribution in [0.5, 0.6) is 0 Å². The smallest absolute Gasteiger partial charge is 0.254 e. The van der Waals surface area contributed by atoms with E-state index in [2.05, 4.69) is 29.2 Å². The second-order valence-corrected chi connectivity index (χ2v) is 5.23. The molecule has 0 aromatic heterocycles. The number of methoxy groups -OCH3 is 1. The molecule has 0 N–H and O–H groups in total. The third-order valence-corrected chi connectivity index (χ3v) is 3.94. The summed E-state index contributed by atoms with van der Waals surface area (Å²) in [5, 5.41) is 0.590. The minimum Gasteiger partial charge on any atom is -0.383 e. The van der Waals surface area contributed by atoms with Crippen molar-refractivity contribution in [2.45, 2.75) is 0 Å². The van der Waals surface area contributed by atoms with Gasteiger partial charge in [-0.15, -0.1) is 6.58 Å². The molecule has 0 spiro atoms. The second-order valence-electron chi connectivity index (χ2n) is 3.66. The van der Waals surface area contributed by atoms with Crippen molar-refractivity contribution in [1.29, 1.82) is 0 Å². The van der Waals surface area contributed by atoms with Crippen molar-refractivity contribution >= 4 is 40.1 Å². The number of benzene rings is 1. The van der Waals surface area contributed by atoms with Crippen molar-refractivity contribution in [2.75, 3.05) is 26.8 Å². The minimum atomic E-state index is -0.0646. The van der Waals surface area contributed by atoms with E-state index < -0.39 is 0 Å². The summed E-state index contributed by atoms with van der Waals surface area (Å²) < 4.78 is 5.92. The number of carbonyl (C=O) groups is 1. The first-order valence-electron chi connectivity index (χ1n) is 5.44. The van der Waals surface area contributed by atoms with Gasteiger partial charge in [-0.2, -0.15) is 0 Å². The van der Waals surface area contributed by atoms with Crippen LogP contribution in [-0.4, -0.2) is 37.6 Å². The Balaban J connectivity index is 2.86. The topological polar surface area (TPSA) is 29.5 Å². The second kappa shape index (κ2) is 7.76. The van der Waals surface area contributed by atoms with Crippen molar-refractivity contribution in [1.82, 2.24) is 4.90 Å². The molecule has 1 rings (SSSR count). The van der Waals surface area contributed by atoms with Gasteiger partial charge in [0.2, 0.25) is 0 Å². The summed E-state index contributed by atoms with van der Waals surface area (Å²) in [6, 6.07) is 5.30. The van der Waals surface area contributed by atoms with Gasteiger partial charge in [-0.05, 0) is 40.8 Å². The Morgan fingerprint density at radius 2 is 2.33 bits per heavy atom. The molecule has 1 amide bonds. The van der Waals surface area contributed by atoms with Crippen molar-refractivity contribution in [3.63, 3.8) is 0 Å². The zero-order chi connectivity index (χ0) is 13.5. The highest BCUT2D eigenvalue weighted by molar-refractivity contribution is 14.1. The number of rotatable bonds is 6. The summed E-state index contributed by atoms with van der Waals surface area (Å²) in [4.78, 5) is 13.9. The Hall–Kier alpha value is -0.590. The van der Waals surface area contributed by atoms with E-state index in [-0.39, 0.29) is 5.91 Å².